The SMILES string of the molecule is CCNCc1c(SC2CCCC2)nc2sccn12. The molecule has 2 heterocycles. The summed E-state index contributed by atoms with van der Waals surface area (Å²) in [5, 5.41) is 7.57. The van der Waals surface area contributed by atoms with Crippen LogP contribution in [0.3, 0.4) is 0 Å². The quantitative estimate of drug-likeness (QED) is 0.909. The van der Waals surface area contributed by atoms with E-state index in [0.29, 0.717) is 0 Å². The standard InChI is InChI=1S/C13H19N3S2/c1-2-14-9-11-12(18-10-5-3-4-6-10)15-13-16(11)7-8-17-13/h7-8,10,14H,2-6,9H2,1H3. The molecule has 1 N–H and O–H groups in total. The Labute approximate surface area is 116 Å². The van der Waals surface area contributed by atoms with Gasteiger partial charge in [0, 0.05) is 23.4 Å². The van der Waals surface area contributed by atoms with Crippen molar-refractivity contribution in [3.8, 4) is 0 Å². The monoisotopic (exact) mass is 281 g/mol. The number of nitrogens with zero attached hydrogens (tertiary/aromatic N) is 2. The second-order valence-corrected chi connectivity index (χ2v) is 6.89. The highest BCUT2D eigenvalue weighted by atomic mass is 32.2. The summed E-state index contributed by atoms with van der Waals surface area (Å²) < 4.78 is 2.24. The molecule has 0 radical (unpaired) electrons. The predicted octanol–water partition coefficient (Wildman–Crippen LogP) is 3.54. The lowest BCUT2D eigenvalue weighted by molar-refractivity contribution is 0.694. The molecule has 0 bridgehead atoms. The van der Waals surface area contributed by atoms with Gasteiger partial charge in [0.2, 0.25) is 0 Å². The predicted molar refractivity (Wildman–Crippen MR) is 78.6 cm³/mol. The van der Waals surface area contributed by atoms with Gasteiger partial charge in [-0.1, -0.05) is 19.8 Å². The topological polar surface area (TPSA) is 29.3 Å². The van der Waals surface area contributed by atoms with Gasteiger partial charge in [-0.15, -0.1) is 23.1 Å². The lowest BCUT2D eigenvalue weighted by atomic mass is 10.4. The molecule has 0 saturated heterocycles. The molecular weight excluding hydrogens is 262 g/mol. The molecule has 0 aromatic carbocycles. The molecule has 0 amide bonds. The minimum Gasteiger partial charge on any atom is -0.311 e. The largest absolute Gasteiger partial charge is 0.311 e. The highest BCUT2D eigenvalue weighted by molar-refractivity contribution is 7.99. The zero-order valence-electron chi connectivity index (χ0n) is 10.7. The van der Waals surface area contributed by atoms with E-state index in [0.717, 1.165) is 23.3 Å². The number of nitrogens with one attached hydrogen (secondary N) is 1. The van der Waals surface area contributed by atoms with Crippen LogP contribution in [0.4, 0.5) is 0 Å². The molecule has 1 fully saturated rings. The second kappa shape index (κ2) is 5.63. The molecule has 2 aromatic heterocycles. The number of thioether (sulfide) groups is 1. The van der Waals surface area contributed by atoms with Gasteiger partial charge in [-0.2, -0.15) is 0 Å². The van der Waals surface area contributed by atoms with Crippen LogP contribution in [0.25, 0.3) is 4.96 Å². The van der Waals surface area contributed by atoms with E-state index < -0.39 is 0 Å². The number of rotatable bonds is 5. The number of fused-ring (bicyclic) bond motifs is 1. The van der Waals surface area contributed by atoms with E-state index in [1.54, 1.807) is 11.3 Å². The first-order chi connectivity index (χ1) is 8.88. The highest BCUT2D eigenvalue weighted by Crippen LogP contribution is 2.36. The Morgan fingerprint density at radius 2 is 2.33 bits per heavy atom. The van der Waals surface area contributed by atoms with Crippen molar-refractivity contribution in [1.82, 2.24) is 14.7 Å². The first-order valence-electron chi connectivity index (χ1n) is 6.70. The normalized spacial score (nSPS) is 16.9. The first kappa shape index (κ1) is 12.5. The summed E-state index contributed by atoms with van der Waals surface area (Å²) in [5.74, 6) is 0. The molecule has 0 aliphatic heterocycles. The van der Waals surface area contributed by atoms with Crippen LogP contribution in [0.5, 0.6) is 0 Å². The van der Waals surface area contributed by atoms with Crippen LogP contribution in [-0.2, 0) is 6.54 Å². The van der Waals surface area contributed by atoms with E-state index >= 15 is 0 Å². The number of thiazole rings is 1. The van der Waals surface area contributed by atoms with Crippen LogP contribution < -0.4 is 5.32 Å². The molecule has 98 valence electrons. The molecule has 0 atom stereocenters. The molecule has 1 aliphatic carbocycles. The van der Waals surface area contributed by atoms with Gasteiger partial charge in [-0.05, 0) is 19.4 Å². The van der Waals surface area contributed by atoms with Crippen molar-refractivity contribution >= 4 is 28.1 Å². The number of aromatic nitrogens is 2. The average molecular weight is 281 g/mol. The van der Waals surface area contributed by atoms with Crippen molar-refractivity contribution in [3.63, 3.8) is 0 Å². The molecule has 1 saturated carbocycles. The summed E-state index contributed by atoms with van der Waals surface area (Å²) in [6, 6.07) is 0. The van der Waals surface area contributed by atoms with Crippen LogP contribution in [-0.4, -0.2) is 21.2 Å². The summed E-state index contributed by atoms with van der Waals surface area (Å²) in [4.78, 5) is 5.92. The zero-order chi connectivity index (χ0) is 12.4. The van der Waals surface area contributed by atoms with Gasteiger partial charge >= 0.3 is 0 Å². The van der Waals surface area contributed by atoms with Crippen LogP contribution in [0.1, 0.15) is 38.3 Å². The molecule has 3 rings (SSSR count). The smallest absolute Gasteiger partial charge is 0.194 e. The molecule has 0 unspecified atom stereocenters. The lowest BCUT2D eigenvalue weighted by Gasteiger charge is -2.09. The van der Waals surface area contributed by atoms with Crippen LogP contribution in [0.2, 0.25) is 0 Å². The first-order valence-corrected chi connectivity index (χ1v) is 8.46. The van der Waals surface area contributed by atoms with Crippen molar-refractivity contribution < 1.29 is 0 Å². The lowest BCUT2D eigenvalue weighted by Crippen LogP contribution is -2.14. The molecular formula is C13H19N3S2. The van der Waals surface area contributed by atoms with E-state index in [1.165, 1.54) is 36.4 Å². The van der Waals surface area contributed by atoms with Crippen molar-refractivity contribution in [2.45, 2.75) is 49.4 Å². The Bertz CT molecular complexity index is 511. The fourth-order valence-electron chi connectivity index (χ4n) is 2.48. The van der Waals surface area contributed by atoms with Crippen molar-refractivity contribution in [2.75, 3.05) is 6.54 Å². The Kier molecular flexibility index (Phi) is 3.91. The molecule has 2 aromatic rings. The van der Waals surface area contributed by atoms with Crippen molar-refractivity contribution in [2.24, 2.45) is 0 Å². The maximum Gasteiger partial charge on any atom is 0.194 e. The van der Waals surface area contributed by atoms with E-state index in [9.17, 15) is 0 Å². The molecule has 1 aliphatic rings. The molecule has 5 heteroatoms. The van der Waals surface area contributed by atoms with Gasteiger partial charge in [0.05, 0.1) is 5.69 Å². The number of hydrogen-bond donors (Lipinski definition) is 1. The summed E-state index contributed by atoms with van der Waals surface area (Å²) in [6.45, 7) is 4.07. The van der Waals surface area contributed by atoms with Gasteiger partial charge in [0.15, 0.2) is 4.96 Å². The maximum atomic E-state index is 4.79. The molecule has 18 heavy (non-hydrogen) atoms. The summed E-state index contributed by atoms with van der Waals surface area (Å²) in [6.07, 6.45) is 7.64. The third kappa shape index (κ3) is 2.44. The average Bonchev–Trinajstić information content (AvgIpc) is 3.04. The Morgan fingerprint density at radius 3 is 3.11 bits per heavy atom. The minimum absolute atomic E-state index is 0.787. The van der Waals surface area contributed by atoms with E-state index in [-0.39, 0.29) is 0 Å². The summed E-state index contributed by atoms with van der Waals surface area (Å²) >= 11 is 3.72. The van der Waals surface area contributed by atoms with Crippen LogP contribution >= 0.6 is 23.1 Å². The highest BCUT2D eigenvalue weighted by Gasteiger charge is 2.21. The van der Waals surface area contributed by atoms with E-state index in [1.807, 2.05) is 11.8 Å². The number of hydrogen-bond acceptors (Lipinski definition) is 4. The van der Waals surface area contributed by atoms with Crippen molar-refractivity contribution in [3.05, 3.63) is 17.3 Å². The minimum atomic E-state index is 0.787. The van der Waals surface area contributed by atoms with E-state index in [4.69, 9.17) is 4.98 Å². The second-order valence-electron chi connectivity index (χ2n) is 4.72. The van der Waals surface area contributed by atoms with Gasteiger partial charge in [0.1, 0.15) is 5.03 Å². The molecule has 3 nitrogen and oxygen atoms in total. The Hall–Kier alpha value is -0.520. The third-order valence-corrected chi connectivity index (χ3v) is 5.56. The number of imidazole rings is 1. The molecule has 0 spiro atoms. The zero-order valence-corrected chi connectivity index (χ0v) is 12.3. The summed E-state index contributed by atoms with van der Waals surface area (Å²) in [7, 11) is 0. The Balaban J connectivity index is 1.85. The van der Waals surface area contributed by atoms with Crippen LogP contribution in [0.15, 0.2) is 16.6 Å². The van der Waals surface area contributed by atoms with Gasteiger partial charge < -0.3 is 5.32 Å². The Morgan fingerprint density at radius 1 is 1.50 bits per heavy atom. The summed E-state index contributed by atoms with van der Waals surface area (Å²) in [5.41, 5.74) is 1.34. The fourth-order valence-corrected chi connectivity index (χ4v) is 4.60. The third-order valence-electron chi connectivity index (χ3n) is 3.45. The fraction of sp³-hybridized carbons (Fsp3) is 0.615. The van der Waals surface area contributed by atoms with Gasteiger partial charge in [-0.25, -0.2) is 4.98 Å². The maximum absolute atomic E-state index is 4.79. The van der Waals surface area contributed by atoms with Gasteiger partial charge in [-0.3, -0.25) is 4.40 Å². The van der Waals surface area contributed by atoms with Crippen molar-refractivity contribution in [1.29, 1.82) is 0 Å². The van der Waals surface area contributed by atoms with E-state index in [2.05, 4.69) is 28.2 Å². The van der Waals surface area contributed by atoms with Gasteiger partial charge in [0.25, 0.3) is 0 Å². The van der Waals surface area contributed by atoms with Crippen LogP contribution in [0, 0.1) is 0 Å².